The Balaban J connectivity index is 1.68. The zero-order chi connectivity index (χ0) is 16.2. The van der Waals surface area contributed by atoms with Crippen molar-refractivity contribution in [3.05, 3.63) is 16.8 Å². The van der Waals surface area contributed by atoms with E-state index in [0.29, 0.717) is 13.2 Å². The second-order valence-electron chi connectivity index (χ2n) is 5.35. The van der Waals surface area contributed by atoms with E-state index in [4.69, 9.17) is 14.6 Å². The van der Waals surface area contributed by atoms with Gasteiger partial charge in [-0.15, -0.1) is 0 Å². The van der Waals surface area contributed by atoms with Crippen molar-refractivity contribution in [2.75, 3.05) is 32.9 Å². The van der Waals surface area contributed by atoms with Gasteiger partial charge in [0.1, 0.15) is 18.7 Å². The molecule has 1 aromatic rings. The van der Waals surface area contributed by atoms with Crippen LogP contribution in [0.2, 0.25) is 0 Å². The molecular formula is C13H19N5O5. The van der Waals surface area contributed by atoms with E-state index in [0.717, 1.165) is 13.1 Å². The fraction of sp³-hybridized carbons (Fsp3) is 0.692. The van der Waals surface area contributed by atoms with Gasteiger partial charge in [0.2, 0.25) is 0 Å². The van der Waals surface area contributed by atoms with Crippen LogP contribution in [-0.4, -0.2) is 81.1 Å². The van der Waals surface area contributed by atoms with Crippen LogP contribution in [0, 0.1) is 0 Å². The molecule has 0 amide bonds. The number of rotatable bonds is 4. The van der Waals surface area contributed by atoms with Crippen molar-refractivity contribution < 1.29 is 19.7 Å². The molecule has 0 aliphatic carbocycles. The number of hydrogen-bond acceptors (Lipinski definition) is 8. The summed E-state index contributed by atoms with van der Waals surface area (Å²) in [6.45, 7) is 2.44. The van der Waals surface area contributed by atoms with E-state index in [2.05, 4.69) is 15.0 Å². The molecule has 0 bridgehead atoms. The normalized spacial score (nSPS) is 28.6. The molecule has 0 saturated carbocycles. The SMILES string of the molecule is O=c1nc(/N=C/N2CCOCC2)ncn1[C@H]1C[C@H](O)[C@@H](CO)O1. The summed E-state index contributed by atoms with van der Waals surface area (Å²) in [6.07, 6.45) is 0.872. The maximum atomic E-state index is 12.1. The molecule has 2 N–H and O–H groups in total. The van der Waals surface area contributed by atoms with Gasteiger partial charge in [0.25, 0.3) is 5.95 Å². The number of aliphatic imine (C=N–C) groups is 1. The Bertz CT molecular complexity index is 615. The third-order valence-electron chi connectivity index (χ3n) is 3.79. The Labute approximate surface area is 132 Å². The average molecular weight is 325 g/mol. The molecule has 1 aromatic heterocycles. The van der Waals surface area contributed by atoms with E-state index in [9.17, 15) is 9.90 Å². The summed E-state index contributed by atoms with van der Waals surface area (Å²) in [6, 6.07) is 0. The molecule has 126 valence electrons. The van der Waals surface area contributed by atoms with Gasteiger partial charge in [0.05, 0.1) is 32.3 Å². The highest BCUT2D eigenvalue weighted by molar-refractivity contribution is 5.58. The quantitative estimate of drug-likeness (QED) is 0.495. The number of aliphatic hydroxyl groups is 2. The second-order valence-corrected chi connectivity index (χ2v) is 5.35. The van der Waals surface area contributed by atoms with Crippen molar-refractivity contribution in [3.8, 4) is 0 Å². The predicted octanol–water partition coefficient (Wildman–Crippen LogP) is -1.73. The molecule has 2 saturated heterocycles. The summed E-state index contributed by atoms with van der Waals surface area (Å²) in [5, 5.41) is 18.8. The van der Waals surface area contributed by atoms with Crippen LogP contribution in [0.5, 0.6) is 0 Å². The number of aliphatic hydroxyl groups excluding tert-OH is 2. The molecule has 0 unspecified atom stereocenters. The third kappa shape index (κ3) is 3.72. The Kier molecular flexibility index (Phi) is 4.96. The van der Waals surface area contributed by atoms with E-state index in [1.165, 1.54) is 10.9 Å². The Hall–Kier alpha value is -1.88. The van der Waals surface area contributed by atoms with Crippen molar-refractivity contribution >= 4 is 12.3 Å². The van der Waals surface area contributed by atoms with Crippen molar-refractivity contribution in [2.45, 2.75) is 24.9 Å². The standard InChI is InChI=1S/C13H19N5O5/c19-6-10-9(20)5-11(23-10)18-8-15-12(16-13(18)21)14-7-17-1-3-22-4-2-17/h7-11,19-20H,1-6H2/b14-7+/t9-,10+,11+/m0/s1. The molecule has 10 heteroatoms. The predicted molar refractivity (Wildman–Crippen MR) is 78.5 cm³/mol. The fourth-order valence-electron chi connectivity index (χ4n) is 2.47. The smallest absolute Gasteiger partial charge is 0.354 e. The van der Waals surface area contributed by atoms with Gasteiger partial charge in [-0.05, 0) is 0 Å². The monoisotopic (exact) mass is 325 g/mol. The summed E-state index contributed by atoms with van der Waals surface area (Å²) in [5.74, 6) is 0.0648. The summed E-state index contributed by atoms with van der Waals surface area (Å²) in [4.78, 5) is 25.9. The van der Waals surface area contributed by atoms with E-state index in [1.807, 2.05) is 4.90 Å². The molecule has 2 aliphatic heterocycles. The molecule has 2 aliphatic rings. The molecule has 3 rings (SSSR count). The van der Waals surface area contributed by atoms with Gasteiger partial charge in [-0.1, -0.05) is 0 Å². The van der Waals surface area contributed by atoms with E-state index in [-0.39, 0.29) is 19.0 Å². The van der Waals surface area contributed by atoms with Crippen LogP contribution in [0.1, 0.15) is 12.6 Å². The fourth-order valence-corrected chi connectivity index (χ4v) is 2.47. The zero-order valence-electron chi connectivity index (χ0n) is 12.5. The van der Waals surface area contributed by atoms with Crippen LogP contribution in [0.3, 0.4) is 0 Å². The third-order valence-corrected chi connectivity index (χ3v) is 3.79. The van der Waals surface area contributed by atoms with Crippen LogP contribution in [0.4, 0.5) is 5.95 Å². The minimum atomic E-state index is -0.823. The van der Waals surface area contributed by atoms with Gasteiger partial charge in [0, 0.05) is 19.5 Å². The second kappa shape index (κ2) is 7.13. The molecular weight excluding hydrogens is 306 g/mol. The zero-order valence-corrected chi connectivity index (χ0v) is 12.5. The first-order valence-electron chi connectivity index (χ1n) is 7.43. The highest BCUT2D eigenvalue weighted by Crippen LogP contribution is 2.27. The minimum absolute atomic E-state index is 0.0648. The number of nitrogens with zero attached hydrogens (tertiary/aromatic N) is 5. The van der Waals surface area contributed by atoms with Crippen LogP contribution in [0.25, 0.3) is 0 Å². The van der Waals surface area contributed by atoms with Gasteiger partial charge < -0.3 is 24.6 Å². The summed E-state index contributed by atoms with van der Waals surface area (Å²) in [5.41, 5.74) is -0.565. The maximum absolute atomic E-state index is 12.1. The molecule has 0 radical (unpaired) electrons. The molecule has 3 atom stereocenters. The lowest BCUT2D eigenvalue weighted by molar-refractivity contribution is -0.0462. The van der Waals surface area contributed by atoms with Gasteiger partial charge in [0.15, 0.2) is 0 Å². The first-order valence-corrected chi connectivity index (χ1v) is 7.43. The van der Waals surface area contributed by atoms with E-state index < -0.39 is 24.1 Å². The van der Waals surface area contributed by atoms with Crippen LogP contribution in [0.15, 0.2) is 16.1 Å². The van der Waals surface area contributed by atoms with Gasteiger partial charge in [-0.25, -0.2) is 14.8 Å². The number of morpholine rings is 1. The first-order chi connectivity index (χ1) is 11.2. The molecule has 23 heavy (non-hydrogen) atoms. The van der Waals surface area contributed by atoms with Crippen LogP contribution >= 0.6 is 0 Å². The van der Waals surface area contributed by atoms with Crippen molar-refractivity contribution in [3.63, 3.8) is 0 Å². The van der Waals surface area contributed by atoms with Crippen LogP contribution < -0.4 is 5.69 Å². The lowest BCUT2D eigenvalue weighted by Gasteiger charge is -2.23. The summed E-state index contributed by atoms with van der Waals surface area (Å²) in [7, 11) is 0. The highest BCUT2D eigenvalue weighted by atomic mass is 16.5. The topological polar surface area (TPSA) is 122 Å². The van der Waals surface area contributed by atoms with Crippen molar-refractivity contribution in [2.24, 2.45) is 4.99 Å². The molecule has 2 fully saturated rings. The number of hydrogen-bond donors (Lipinski definition) is 2. The van der Waals surface area contributed by atoms with Crippen LogP contribution in [-0.2, 0) is 9.47 Å². The number of ether oxygens (including phenoxy) is 2. The molecule has 3 heterocycles. The summed E-state index contributed by atoms with van der Waals surface area (Å²) >= 11 is 0. The van der Waals surface area contributed by atoms with E-state index >= 15 is 0 Å². The molecule has 0 spiro atoms. The Morgan fingerprint density at radius 3 is 2.87 bits per heavy atom. The number of aromatic nitrogens is 3. The largest absolute Gasteiger partial charge is 0.394 e. The Morgan fingerprint density at radius 2 is 2.22 bits per heavy atom. The minimum Gasteiger partial charge on any atom is -0.394 e. The molecule has 10 nitrogen and oxygen atoms in total. The van der Waals surface area contributed by atoms with E-state index in [1.54, 1.807) is 6.34 Å². The van der Waals surface area contributed by atoms with Gasteiger partial charge in [-0.2, -0.15) is 4.98 Å². The first kappa shape index (κ1) is 16.0. The van der Waals surface area contributed by atoms with Crippen molar-refractivity contribution in [1.29, 1.82) is 0 Å². The van der Waals surface area contributed by atoms with Gasteiger partial charge >= 0.3 is 5.69 Å². The lowest BCUT2D eigenvalue weighted by atomic mass is 10.2. The summed E-state index contributed by atoms with van der Waals surface area (Å²) < 4.78 is 11.8. The van der Waals surface area contributed by atoms with Crippen molar-refractivity contribution in [1.82, 2.24) is 19.4 Å². The molecule has 0 aromatic carbocycles. The highest BCUT2D eigenvalue weighted by Gasteiger charge is 2.35. The maximum Gasteiger partial charge on any atom is 0.354 e. The average Bonchev–Trinajstić information content (AvgIpc) is 2.94. The lowest BCUT2D eigenvalue weighted by Crippen LogP contribution is -2.35. The van der Waals surface area contributed by atoms with Gasteiger partial charge in [-0.3, -0.25) is 4.57 Å². The Morgan fingerprint density at radius 1 is 1.43 bits per heavy atom.